The van der Waals surface area contributed by atoms with E-state index in [9.17, 15) is 48.6 Å². The lowest BCUT2D eigenvalue weighted by molar-refractivity contribution is -0.181. The van der Waals surface area contributed by atoms with Crippen molar-refractivity contribution in [3.8, 4) is 0 Å². The van der Waals surface area contributed by atoms with Crippen LogP contribution in [0, 0.1) is 17.8 Å². The fraction of sp³-hybridized carbons (Fsp3) is 0.810. The van der Waals surface area contributed by atoms with Gasteiger partial charge in [0.25, 0.3) is 0 Å². The van der Waals surface area contributed by atoms with Crippen LogP contribution in [0.5, 0.6) is 0 Å². The highest BCUT2D eigenvalue weighted by molar-refractivity contribution is 5.70. The van der Waals surface area contributed by atoms with Crippen molar-refractivity contribution in [3.63, 3.8) is 0 Å². The minimum Gasteiger partial charge on any atom is -0.480 e. The van der Waals surface area contributed by atoms with Crippen molar-refractivity contribution in [3.05, 3.63) is 0 Å². The summed E-state index contributed by atoms with van der Waals surface area (Å²) < 4.78 is 77.4. The highest BCUT2D eigenvalue weighted by atomic mass is 16.6. The number of hydrogen-bond donors (Lipinski definition) is 8. The van der Waals surface area contributed by atoms with Gasteiger partial charge in [-0.15, -0.1) is 0 Å². The maximum Gasteiger partial charge on any atom is 0.329 e. The molecule has 418 valence electrons. The quantitative estimate of drug-likeness (QED) is 0.0306. The lowest BCUT2D eigenvalue weighted by atomic mass is 9.81. The SMILES string of the molecule is O=C(O)COCCOCC(OCCOCC(=O)O)C(OCCOCC(=O)O)C(COCCCCOCC(COCC(=O)O)C(COCC(=O)O)C(CCOCC(=O)O)COCC(=O)O)OCCOCC(=O)O. The molecule has 8 N–H and O–H groups in total. The van der Waals surface area contributed by atoms with Gasteiger partial charge in [-0.3, -0.25) is 0 Å². The number of rotatable bonds is 55. The molecule has 0 saturated heterocycles. The Morgan fingerprint density at radius 2 is 0.569 bits per heavy atom. The Morgan fingerprint density at radius 3 is 0.986 bits per heavy atom. The molecule has 0 aromatic heterocycles. The van der Waals surface area contributed by atoms with E-state index in [-0.39, 0.29) is 119 Å². The number of carboxylic acid groups (broad SMARTS) is 8. The van der Waals surface area contributed by atoms with E-state index in [1.807, 2.05) is 0 Å². The summed E-state index contributed by atoms with van der Waals surface area (Å²) >= 11 is 0. The minimum absolute atomic E-state index is 0.0787. The normalized spacial score (nSPS) is 13.9. The van der Waals surface area contributed by atoms with E-state index in [4.69, 9.17) is 97.0 Å². The molecule has 72 heavy (non-hydrogen) atoms. The Kier molecular flexibility index (Phi) is 41.9. The monoisotopic (exact) mass is 1050 g/mol. The Bertz CT molecular complexity index is 1500. The van der Waals surface area contributed by atoms with Gasteiger partial charge in [-0.2, -0.15) is 0 Å². The molecule has 0 saturated carbocycles. The Hall–Kier alpha value is -4.80. The van der Waals surface area contributed by atoms with Gasteiger partial charge >= 0.3 is 47.8 Å². The van der Waals surface area contributed by atoms with Crippen LogP contribution in [0.25, 0.3) is 0 Å². The van der Waals surface area contributed by atoms with Gasteiger partial charge in [0.2, 0.25) is 0 Å². The van der Waals surface area contributed by atoms with Crippen LogP contribution in [0.1, 0.15) is 19.3 Å². The predicted octanol–water partition coefficient (Wildman–Crippen LogP) is -1.98. The molecule has 30 nitrogen and oxygen atoms in total. The van der Waals surface area contributed by atoms with Gasteiger partial charge in [0, 0.05) is 25.7 Å². The molecule has 0 bridgehead atoms. The number of carboxylic acids is 8. The largest absolute Gasteiger partial charge is 0.480 e. The topological polar surface area (TPSA) is 428 Å². The lowest BCUT2D eigenvalue weighted by Crippen LogP contribution is -2.48. The summed E-state index contributed by atoms with van der Waals surface area (Å²) in [4.78, 5) is 88.8. The highest BCUT2D eigenvalue weighted by Gasteiger charge is 2.34. The molecule has 0 aromatic carbocycles. The molecule has 0 rings (SSSR count). The van der Waals surface area contributed by atoms with E-state index in [1.165, 1.54) is 0 Å². The Labute approximate surface area is 413 Å². The second-order valence-electron chi connectivity index (χ2n) is 15.0. The second-order valence-corrected chi connectivity index (χ2v) is 15.0. The van der Waals surface area contributed by atoms with Crippen LogP contribution in [0.2, 0.25) is 0 Å². The molecule has 6 atom stereocenters. The summed E-state index contributed by atoms with van der Waals surface area (Å²) in [5, 5.41) is 72.4. The van der Waals surface area contributed by atoms with Gasteiger partial charge in [-0.1, -0.05) is 0 Å². The molecule has 0 aliphatic rings. The van der Waals surface area contributed by atoms with E-state index in [0.29, 0.717) is 12.8 Å². The average Bonchev–Trinajstić information content (AvgIpc) is 3.29. The first-order valence-electron chi connectivity index (χ1n) is 22.4. The molecule has 0 radical (unpaired) electrons. The van der Waals surface area contributed by atoms with Gasteiger partial charge in [0.1, 0.15) is 71.2 Å². The molecule has 0 heterocycles. The molecule has 0 aliphatic carbocycles. The minimum atomic E-state index is -1.29. The molecule has 0 fully saturated rings. The zero-order valence-electron chi connectivity index (χ0n) is 39.8. The van der Waals surface area contributed by atoms with Gasteiger partial charge in [0.15, 0.2) is 0 Å². The maximum absolute atomic E-state index is 11.3. The van der Waals surface area contributed by atoms with Crippen LogP contribution < -0.4 is 0 Å². The van der Waals surface area contributed by atoms with Crippen molar-refractivity contribution >= 4 is 47.8 Å². The summed E-state index contributed by atoms with van der Waals surface area (Å²) in [5.74, 6) is -12.1. The van der Waals surface area contributed by atoms with Crippen LogP contribution in [0.3, 0.4) is 0 Å². The summed E-state index contributed by atoms with van der Waals surface area (Å²) in [5.41, 5.74) is 0. The van der Waals surface area contributed by atoms with Crippen molar-refractivity contribution in [1.29, 1.82) is 0 Å². The number of ether oxygens (including phenoxy) is 14. The summed E-state index contributed by atoms with van der Waals surface area (Å²) in [7, 11) is 0. The Morgan fingerprint density at radius 1 is 0.278 bits per heavy atom. The molecule has 30 heteroatoms. The Balaban J connectivity index is 6.22. The third kappa shape index (κ3) is 41.8. The number of unbranched alkanes of at least 4 members (excludes halogenated alkanes) is 1. The molecule has 0 aliphatic heterocycles. The number of carbonyl (C=O) groups is 8. The average molecular weight is 1050 g/mol. The third-order valence-electron chi connectivity index (χ3n) is 9.11. The lowest BCUT2D eigenvalue weighted by Gasteiger charge is -2.33. The fourth-order valence-corrected chi connectivity index (χ4v) is 6.13. The van der Waals surface area contributed by atoms with E-state index >= 15 is 0 Å². The summed E-state index contributed by atoms with van der Waals surface area (Å²) in [6, 6.07) is 0. The van der Waals surface area contributed by atoms with Crippen molar-refractivity contribution in [2.45, 2.75) is 37.6 Å². The van der Waals surface area contributed by atoms with Crippen LogP contribution in [-0.2, 0) is 105 Å². The van der Waals surface area contributed by atoms with Crippen LogP contribution in [-0.4, -0.2) is 272 Å². The second kappa shape index (κ2) is 44.9. The van der Waals surface area contributed by atoms with Gasteiger partial charge in [0.05, 0.1) is 92.5 Å². The maximum atomic E-state index is 11.3. The molecule has 0 spiro atoms. The van der Waals surface area contributed by atoms with E-state index < -0.39 is 137 Å². The molecular weight excluding hydrogens is 984 g/mol. The van der Waals surface area contributed by atoms with Crippen molar-refractivity contribution < 1.29 is 146 Å². The van der Waals surface area contributed by atoms with Crippen molar-refractivity contribution in [1.82, 2.24) is 0 Å². The fourth-order valence-electron chi connectivity index (χ4n) is 6.13. The molecule has 0 amide bonds. The first-order chi connectivity index (χ1) is 34.4. The van der Waals surface area contributed by atoms with E-state index in [1.54, 1.807) is 0 Å². The van der Waals surface area contributed by atoms with Gasteiger partial charge < -0.3 is 107 Å². The summed E-state index contributed by atoms with van der Waals surface area (Å²) in [6.45, 7) is -7.85. The standard InChI is InChI=1S/C42H70O30/c43-34(44)21-61-6-3-29(15-67-26-39(53)54)31(18-69-28-41(57)58)30(17-68-27-40(55)56)16-59-4-1-2-5-60-19-32(70-12-9-64-23-36(47)48)42(72-14-11-66-25-38(51)52)33(71-13-10-65-24-37(49)50)20-62-7-8-63-22-35(45)46/h29-33,42H,1-28H2,(H,43,44)(H,45,46)(H,47,48)(H,49,50)(H,51,52)(H,53,54)(H,55,56)(H,57,58). The van der Waals surface area contributed by atoms with E-state index in [2.05, 4.69) is 0 Å². The first-order valence-corrected chi connectivity index (χ1v) is 22.4. The van der Waals surface area contributed by atoms with E-state index in [0.717, 1.165) is 0 Å². The number of aliphatic carboxylic acids is 8. The van der Waals surface area contributed by atoms with Crippen molar-refractivity contribution in [2.75, 3.05) is 165 Å². The van der Waals surface area contributed by atoms with Gasteiger partial charge in [-0.05, 0) is 31.1 Å². The zero-order chi connectivity index (χ0) is 53.8. The third-order valence-corrected chi connectivity index (χ3v) is 9.11. The predicted molar refractivity (Wildman–Crippen MR) is 234 cm³/mol. The molecular formula is C42H70O30. The zero-order valence-corrected chi connectivity index (χ0v) is 39.8. The molecule has 6 unspecified atom stereocenters. The highest BCUT2D eigenvalue weighted by Crippen LogP contribution is 2.27. The van der Waals surface area contributed by atoms with Crippen LogP contribution >= 0.6 is 0 Å². The van der Waals surface area contributed by atoms with Crippen LogP contribution in [0.4, 0.5) is 0 Å². The smallest absolute Gasteiger partial charge is 0.329 e. The molecule has 0 aromatic rings. The van der Waals surface area contributed by atoms with Crippen LogP contribution in [0.15, 0.2) is 0 Å². The van der Waals surface area contributed by atoms with Gasteiger partial charge in [-0.25, -0.2) is 38.4 Å². The summed E-state index contributed by atoms with van der Waals surface area (Å²) in [6.07, 6.45) is -2.38. The number of hydrogen-bond acceptors (Lipinski definition) is 22. The first kappa shape index (κ1) is 67.2. The van der Waals surface area contributed by atoms with Crippen molar-refractivity contribution in [2.24, 2.45) is 17.8 Å².